The highest BCUT2D eigenvalue weighted by Crippen LogP contribution is 2.44. The number of nitrogens with zero attached hydrogens (tertiary/aromatic N) is 1. The van der Waals surface area contributed by atoms with E-state index in [1.54, 1.807) is 11.3 Å². The summed E-state index contributed by atoms with van der Waals surface area (Å²) >= 11 is 1.74. The first-order valence-electron chi connectivity index (χ1n) is 8.22. The van der Waals surface area contributed by atoms with Gasteiger partial charge in [-0.15, -0.1) is 11.3 Å². The monoisotopic (exact) mass is 333 g/mol. The molecule has 1 aliphatic carbocycles. The van der Waals surface area contributed by atoms with E-state index in [9.17, 15) is 4.79 Å². The highest BCUT2D eigenvalue weighted by atomic mass is 32.1. The van der Waals surface area contributed by atoms with Gasteiger partial charge in [0.25, 0.3) is 0 Å². The van der Waals surface area contributed by atoms with Gasteiger partial charge in [-0.25, -0.2) is 0 Å². The molecule has 1 amide bonds. The van der Waals surface area contributed by atoms with Crippen molar-refractivity contribution in [3.8, 4) is 0 Å². The van der Waals surface area contributed by atoms with E-state index in [2.05, 4.69) is 54.8 Å². The second-order valence-corrected chi connectivity index (χ2v) is 7.26. The first-order valence-corrected chi connectivity index (χ1v) is 9.10. The highest BCUT2D eigenvalue weighted by molar-refractivity contribution is 7.10. The lowest BCUT2D eigenvalue weighted by atomic mass is 9.80. The third-order valence-corrected chi connectivity index (χ3v) is 5.69. The standard InChI is InChI=1S/C21H19NOS/c1-15-9-11-16(12-10-15)22-19-7-4-2-3-6-17(19)18(14-21(22)23)20-8-5-13-24-20/h2-13,17-18H,14H2,1H3/t17-,18+/m0/s1. The van der Waals surface area contributed by atoms with E-state index < -0.39 is 0 Å². The fraction of sp³-hybridized carbons (Fsp3) is 0.190. The summed E-state index contributed by atoms with van der Waals surface area (Å²) in [7, 11) is 0. The molecule has 2 heterocycles. The number of benzene rings is 1. The quantitative estimate of drug-likeness (QED) is 0.739. The van der Waals surface area contributed by atoms with Crippen molar-refractivity contribution in [1.82, 2.24) is 0 Å². The molecule has 2 atom stereocenters. The Morgan fingerprint density at radius 3 is 2.67 bits per heavy atom. The molecule has 0 unspecified atom stereocenters. The molecule has 1 saturated heterocycles. The minimum Gasteiger partial charge on any atom is -0.284 e. The molecule has 1 fully saturated rings. The Labute approximate surface area is 146 Å². The van der Waals surface area contributed by atoms with Crippen LogP contribution in [0.25, 0.3) is 0 Å². The van der Waals surface area contributed by atoms with Gasteiger partial charge in [-0.1, -0.05) is 48.1 Å². The Balaban J connectivity index is 1.79. The zero-order valence-corrected chi connectivity index (χ0v) is 14.4. The molecular formula is C21H19NOS. The summed E-state index contributed by atoms with van der Waals surface area (Å²) in [5, 5.41) is 2.09. The fourth-order valence-electron chi connectivity index (χ4n) is 3.49. The number of thiophene rings is 1. The molecule has 1 aromatic heterocycles. The molecule has 1 aliphatic heterocycles. The van der Waals surface area contributed by atoms with Crippen LogP contribution >= 0.6 is 11.3 Å². The van der Waals surface area contributed by atoms with Crippen LogP contribution in [-0.2, 0) is 4.79 Å². The smallest absolute Gasteiger partial charge is 0.231 e. The van der Waals surface area contributed by atoms with Gasteiger partial charge < -0.3 is 0 Å². The molecule has 3 heteroatoms. The van der Waals surface area contributed by atoms with Gasteiger partial charge in [0.2, 0.25) is 5.91 Å². The van der Waals surface area contributed by atoms with Gasteiger partial charge in [-0.05, 0) is 36.6 Å². The lowest BCUT2D eigenvalue weighted by Crippen LogP contribution is -2.41. The number of allylic oxidation sites excluding steroid dienone is 5. The summed E-state index contributed by atoms with van der Waals surface area (Å²) < 4.78 is 0. The molecule has 120 valence electrons. The third-order valence-electron chi connectivity index (χ3n) is 4.69. The molecule has 4 rings (SSSR count). The van der Waals surface area contributed by atoms with Crippen molar-refractivity contribution in [2.24, 2.45) is 5.92 Å². The maximum absolute atomic E-state index is 13.0. The zero-order chi connectivity index (χ0) is 16.5. The number of anilines is 1. The third kappa shape index (κ3) is 2.65. The Kier molecular flexibility index (Phi) is 3.95. The van der Waals surface area contributed by atoms with E-state index >= 15 is 0 Å². The Morgan fingerprint density at radius 2 is 1.92 bits per heavy atom. The average Bonchev–Trinajstić information content (AvgIpc) is 3.01. The average molecular weight is 333 g/mol. The van der Waals surface area contributed by atoms with E-state index in [-0.39, 0.29) is 17.7 Å². The van der Waals surface area contributed by atoms with E-state index in [1.165, 1.54) is 10.4 Å². The minimum atomic E-state index is 0.170. The summed E-state index contributed by atoms with van der Waals surface area (Å²) in [5.74, 6) is 0.614. The number of rotatable bonds is 2. The van der Waals surface area contributed by atoms with Crippen LogP contribution in [0.5, 0.6) is 0 Å². The molecular weight excluding hydrogens is 314 g/mol. The maximum Gasteiger partial charge on any atom is 0.231 e. The van der Waals surface area contributed by atoms with Crippen LogP contribution in [0.3, 0.4) is 0 Å². The van der Waals surface area contributed by atoms with E-state index in [4.69, 9.17) is 0 Å². The van der Waals surface area contributed by atoms with E-state index in [0.29, 0.717) is 6.42 Å². The molecule has 2 aliphatic rings. The molecule has 0 bridgehead atoms. The number of amides is 1. The van der Waals surface area contributed by atoms with Crippen molar-refractivity contribution in [3.05, 3.63) is 88.3 Å². The number of fused-ring (bicyclic) bond motifs is 1. The number of aryl methyl sites for hydroxylation is 1. The van der Waals surface area contributed by atoms with Crippen molar-refractivity contribution in [3.63, 3.8) is 0 Å². The number of carbonyl (C=O) groups excluding carboxylic acids is 1. The molecule has 0 radical (unpaired) electrons. The first kappa shape index (κ1) is 15.2. The lowest BCUT2D eigenvalue weighted by molar-refractivity contribution is -0.119. The lowest BCUT2D eigenvalue weighted by Gasteiger charge is -2.39. The van der Waals surface area contributed by atoms with Gasteiger partial charge in [0.1, 0.15) is 0 Å². The van der Waals surface area contributed by atoms with Crippen LogP contribution in [0.4, 0.5) is 5.69 Å². The van der Waals surface area contributed by atoms with Crippen LogP contribution in [0, 0.1) is 12.8 Å². The van der Waals surface area contributed by atoms with Crippen LogP contribution in [0.15, 0.2) is 77.9 Å². The fourth-order valence-corrected chi connectivity index (χ4v) is 4.37. The van der Waals surface area contributed by atoms with Crippen LogP contribution in [0.2, 0.25) is 0 Å². The second kappa shape index (κ2) is 6.25. The highest BCUT2D eigenvalue weighted by Gasteiger charge is 2.38. The summed E-state index contributed by atoms with van der Waals surface area (Å²) in [6.07, 6.45) is 11.0. The number of carbonyl (C=O) groups is 1. The molecule has 24 heavy (non-hydrogen) atoms. The zero-order valence-electron chi connectivity index (χ0n) is 13.6. The van der Waals surface area contributed by atoms with Gasteiger partial charge in [-0.3, -0.25) is 9.69 Å². The van der Waals surface area contributed by atoms with Crippen LogP contribution in [-0.4, -0.2) is 5.91 Å². The number of piperidine rings is 1. The van der Waals surface area contributed by atoms with E-state index in [0.717, 1.165) is 11.4 Å². The minimum absolute atomic E-state index is 0.170. The predicted molar refractivity (Wildman–Crippen MR) is 100 cm³/mol. The summed E-state index contributed by atoms with van der Waals surface area (Å²) in [6.45, 7) is 2.06. The predicted octanol–water partition coefficient (Wildman–Crippen LogP) is 5.20. The Bertz CT molecular complexity index is 827. The van der Waals surface area contributed by atoms with Crippen molar-refractivity contribution in [1.29, 1.82) is 0 Å². The van der Waals surface area contributed by atoms with Gasteiger partial charge in [0.15, 0.2) is 0 Å². The normalized spacial score (nSPS) is 23.0. The molecule has 0 saturated carbocycles. The topological polar surface area (TPSA) is 20.3 Å². The van der Waals surface area contributed by atoms with Crippen molar-refractivity contribution >= 4 is 22.9 Å². The molecule has 2 aromatic rings. The summed E-state index contributed by atoms with van der Waals surface area (Å²) in [5.41, 5.74) is 3.22. The van der Waals surface area contributed by atoms with Crippen molar-refractivity contribution < 1.29 is 4.79 Å². The van der Waals surface area contributed by atoms with Crippen molar-refractivity contribution in [2.75, 3.05) is 4.90 Å². The molecule has 0 N–H and O–H groups in total. The first-order chi connectivity index (χ1) is 11.7. The van der Waals surface area contributed by atoms with E-state index in [1.807, 2.05) is 29.2 Å². The number of hydrogen-bond acceptors (Lipinski definition) is 2. The van der Waals surface area contributed by atoms with Crippen LogP contribution in [0.1, 0.15) is 22.8 Å². The van der Waals surface area contributed by atoms with Crippen LogP contribution < -0.4 is 4.90 Å². The SMILES string of the molecule is Cc1ccc(N2C(=O)C[C@@H](c3cccs3)[C@@H]3C=CC=CC=C32)cc1. The molecule has 2 nitrogen and oxygen atoms in total. The summed E-state index contributed by atoms with van der Waals surface area (Å²) in [4.78, 5) is 16.2. The number of hydrogen-bond donors (Lipinski definition) is 0. The molecule has 0 spiro atoms. The van der Waals surface area contributed by atoms with Gasteiger partial charge in [0, 0.05) is 34.5 Å². The van der Waals surface area contributed by atoms with Gasteiger partial charge in [0.05, 0.1) is 0 Å². The largest absolute Gasteiger partial charge is 0.284 e. The summed E-state index contributed by atoms with van der Waals surface area (Å²) in [6, 6.07) is 12.4. The molecule has 1 aromatic carbocycles. The van der Waals surface area contributed by atoms with Crippen molar-refractivity contribution in [2.45, 2.75) is 19.3 Å². The second-order valence-electron chi connectivity index (χ2n) is 6.28. The maximum atomic E-state index is 13.0. The van der Waals surface area contributed by atoms with Gasteiger partial charge in [-0.2, -0.15) is 0 Å². The van der Waals surface area contributed by atoms with Gasteiger partial charge >= 0.3 is 0 Å². The Morgan fingerprint density at radius 1 is 1.08 bits per heavy atom. The Hall–Kier alpha value is -2.39.